The van der Waals surface area contributed by atoms with E-state index in [9.17, 15) is 8.42 Å². The van der Waals surface area contributed by atoms with E-state index in [4.69, 9.17) is 0 Å². The van der Waals surface area contributed by atoms with Gasteiger partial charge in [-0.25, -0.2) is 13.4 Å². The molecule has 9 heteroatoms. The number of pyridine rings is 1. The molecule has 0 aromatic carbocycles. The average molecular weight is 363 g/mol. The van der Waals surface area contributed by atoms with Gasteiger partial charge in [-0.1, -0.05) is 11.3 Å². The van der Waals surface area contributed by atoms with Crippen molar-refractivity contribution in [3.05, 3.63) is 28.4 Å². The summed E-state index contributed by atoms with van der Waals surface area (Å²) < 4.78 is 27.7. The van der Waals surface area contributed by atoms with E-state index in [1.807, 2.05) is 6.92 Å². The third kappa shape index (κ3) is 3.43. The van der Waals surface area contributed by atoms with Crippen LogP contribution in [0.15, 0.2) is 33.3 Å². The molecule has 102 valence electrons. The quantitative estimate of drug-likeness (QED) is 0.853. The fourth-order valence-corrected chi connectivity index (χ4v) is 3.88. The average Bonchev–Trinajstić information content (AvgIpc) is 2.75. The van der Waals surface area contributed by atoms with Gasteiger partial charge in [0.2, 0.25) is 0 Å². The second-order valence-corrected chi connectivity index (χ2v) is 7.54. The molecular weight excluding hydrogens is 352 g/mol. The molecule has 0 radical (unpaired) electrons. The molecule has 2 rings (SSSR count). The number of aromatic nitrogens is 2. The van der Waals surface area contributed by atoms with Crippen molar-refractivity contribution in [3.8, 4) is 0 Å². The lowest BCUT2D eigenvalue weighted by Crippen LogP contribution is -2.15. The van der Waals surface area contributed by atoms with E-state index in [1.165, 1.54) is 29.9 Å². The smallest absolute Gasteiger partial charge is 0.267 e. The third-order valence-corrected chi connectivity index (χ3v) is 5.03. The van der Waals surface area contributed by atoms with Crippen molar-refractivity contribution >= 4 is 48.1 Å². The van der Waals surface area contributed by atoms with Crippen LogP contribution in [0.1, 0.15) is 6.92 Å². The molecule has 0 saturated carbocycles. The van der Waals surface area contributed by atoms with Crippen LogP contribution >= 0.6 is 27.3 Å². The predicted octanol–water partition coefficient (Wildman–Crippen LogP) is 2.53. The second-order valence-electron chi connectivity index (χ2n) is 3.48. The third-order valence-electron chi connectivity index (χ3n) is 2.14. The van der Waals surface area contributed by atoms with Gasteiger partial charge in [-0.15, -0.1) is 0 Å². The summed E-state index contributed by atoms with van der Waals surface area (Å²) in [7, 11) is -3.70. The van der Waals surface area contributed by atoms with Gasteiger partial charge in [-0.3, -0.25) is 9.71 Å². The molecule has 19 heavy (non-hydrogen) atoms. The van der Waals surface area contributed by atoms with Crippen molar-refractivity contribution in [2.24, 2.45) is 0 Å². The highest BCUT2D eigenvalue weighted by molar-refractivity contribution is 9.11. The standard InChI is InChI=1S/C10H11BrN4O2S2/c1-2-13-7-3-4-12-5-8(7)19(16,17)15-10-14-6-9(11)18-10/h3-6H,2H2,1H3,(H,12,13)(H,14,15). The van der Waals surface area contributed by atoms with Crippen LogP contribution in [0.2, 0.25) is 0 Å². The Bertz CT molecular complexity index is 672. The Morgan fingerprint density at radius 1 is 1.42 bits per heavy atom. The van der Waals surface area contributed by atoms with Crippen LogP contribution < -0.4 is 10.0 Å². The minimum Gasteiger partial charge on any atom is -0.384 e. The van der Waals surface area contributed by atoms with Gasteiger partial charge in [0.05, 0.1) is 15.7 Å². The Morgan fingerprint density at radius 2 is 2.21 bits per heavy atom. The lowest BCUT2D eigenvalue weighted by atomic mass is 10.4. The first-order valence-corrected chi connectivity index (χ1v) is 8.44. The van der Waals surface area contributed by atoms with Gasteiger partial charge in [0.15, 0.2) is 5.13 Å². The van der Waals surface area contributed by atoms with Gasteiger partial charge in [0, 0.05) is 18.9 Å². The number of thiazole rings is 1. The monoisotopic (exact) mass is 362 g/mol. The highest BCUT2D eigenvalue weighted by Gasteiger charge is 2.20. The highest BCUT2D eigenvalue weighted by Crippen LogP contribution is 2.27. The lowest BCUT2D eigenvalue weighted by Gasteiger charge is -2.10. The number of halogens is 1. The van der Waals surface area contributed by atoms with Crippen molar-refractivity contribution in [2.75, 3.05) is 16.6 Å². The number of rotatable bonds is 5. The Hall–Kier alpha value is -1.19. The molecule has 0 amide bonds. The van der Waals surface area contributed by atoms with E-state index in [2.05, 4.69) is 35.9 Å². The molecule has 2 heterocycles. The first kappa shape index (κ1) is 14.2. The van der Waals surface area contributed by atoms with E-state index >= 15 is 0 Å². The highest BCUT2D eigenvalue weighted by atomic mass is 79.9. The zero-order valence-electron chi connectivity index (χ0n) is 9.92. The summed E-state index contributed by atoms with van der Waals surface area (Å²) >= 11 is 4.43. The molecule has 0 bridgehead atoms. The molecule has 2 aromatic rings. The van der Waals surface area contributed by atoms with Crippen LogP contribution in [0.3, 0.4) is 0 Å². The molecule has 2 N–H and O–H groups in total. The maximum absolute atomic E-state index is 12.3. The maximum Gasteiger partial charge on any atom is 0.267 e. The van der Waals surface area contributed by atoms with Crippen molar-refractivity contribution in [2.45, 2.75) is 11.8 Å². The molecular formula is C10H11BrN4O2S2. The van der Waals surface area contributed by atoms with Crippen LogP contribution in [0.4, 0.5) is 10.8 Å². The van der Waals surface area contributed by atoms with Crippen LogP contribution in [-0.2, 0) is 10.0 Å². The van der Waals surface area contributed by atoms with E-state index < -0.39 is 10.0 Å². The number of anilines is 2. The summed E-state index contributed by atoms with van der Waals surface area (Å²) in [6.45, 7) is 2.51. The summed E-state index contributed by atoms with van der Waals surface area (Å²) in [4.78, 5) is 7.90. The normalized spacial score (nSPS) is 11.3. The predicted molar refractivity (Wildman–Crippen MR) is 79.0 cm³/mol. The zero-order valence-corrected chi connectivity index (χ0v) is 13.1. The number of sulfonamides is 1. The Labute approximate surface area is 123 Å². The molecule has 0 saturated heterocycles. The largest absolute Gasteiger partial charge is 0.384 e. The van der Waals surface area contributed by atoms with Crippen LogP contribution in [0.5, 0.6) is 0 Å². The topological polar surface area (TPSA) is 84.0 Å². The van der Waals surface area contributed by atoms with E-state index in [0.29, 0.717) is 17.4 Å². The van der Waals surface area contributed by atoms with Crippen molar-refractivity contribution in [1.29, 1.82) is 0 Å². The van der Waals surface area contributed by atoms with Crippen LogP contribution in [-0.4, -0.2) is 24.9 Å². The minimum atomic E-state index is -3.70. The minimum absolute atomic E-state index is 0.100. The number of hydrogen-bond donors (Lipinski definition) is 2. The number of hydrogen-bond acceptors (Lipinski definition) is 6. The van der Waals surface area contributed by atoms with Gasteiger partial charge in [0.1, 0.15) is 4.90 Å². The number of nitrogens with zero attached hydrogens (tertiary/aromatic N) is 2. The summed E-state index contributed by atoms with van der Waals surface area (Å²) in [5.41, 5.74) is 0.514. The molecule has 0 spiro atoms. The van der Waals surface area contributed by atoms with Crippen LogP contribution in [0, 0.1) is 0 Å². The van der Waals surface area contributed by atoms with E-state index in [1.54, 1.807) is 6.07 Å². The molecule has 0 unspecified atom stereocenters. The molecule has 0 aliphatic rings. The van der Waals surface area contributed by atoms with Gasteiger partial charge in [-0.2, -0.15) is 0 Å². The number of nitrogens with one attached hydrogen (secondary N) is 2. The molecule has 0 atom stereocenters. The van der Waals surface area contributed by atoms with Crippen LogP contribution in [0.25, 0.3) is 0 Å². The van der Waals surface area contributed by atoms with Gasteiger partial charge < -0.3 is 5.32 Å². The van der Waals surface area contributed by atoms with Gasteiger partial charge >= 0.3 is 0 Å². The van der Waals surface area contributed by atoms with Crippen molar-refractivity contribution in [3.63, 3.8) is 0 Å². The molecule has 0 aliphatic carbocycles. The Kier molecular flexibility index (Phi) is 4.38. The Morgan fingerprint density at radius 3 is 2.84 bits per heavy atom. The molecule has 2 aromatic heterocycles. The molecule has 6 nitrogen and oxygen atoms in total. The first-order chi connectivity index (χ1) is 9.03. The fourth-order valence-electron chi connectivity index (χ4n) is 1.40. The van der Waals surface area contributed by atoms with Gasteiger partial charge in [0.25, 0.3) is 10.0 Å². The second kappa shape index (κ2) is 5.85. The van der Waals surface area contributed by atoms with Crippen molar-refractivity contribution in [1.82, 2.24) is 9.97 Å². The maximum atomic E-state index is 12.3. The fraction of sp³-hybridized carbons (Fsp3) is 0.200. The van der Waals surface area contributed by atoms with Gasteiger partial charge in [-0.05, 0) is 28.9 Å². The summed E-state index contributed by atoms with van der Waals surface area (Å²) in [6.07, 6.45) is 4.39. The Balaban J connectivity index is 2.34. The van der Waals surface area contributed by atoms with Crippen molar-refractivity contribution < 1.29 is 8.42 Å². The summed E-state index contributed by atoms with van der Waals surface area (Å²) in [6, 6.07) is 1.62. The summed E-state index contributed by atoms with van der Waals surface area (Å²) in [5, 5.41) is 3.29. The molecule has 0 fully saturated rings. The first-order valence-electron chi connectivity index (χ1n) is 5.35. The zero-order chi connectivity index (χ0) is 13.9. The van der Waals surface area contributed by atoms with E-state index in [0.717, 1.165) is 3.79 Å². The van der Waals surface area contributed by atoms with E-state index in [-0.39, 0.29) is 4.90 Å². The molecule has 0 aliphatic heterocycles. The lowest BCUT2D eigenvalue weighted by molar-refractivity contribution is 0.601. The summed E-state index contributed by atoms with van der Waals surface area (Å²) in [5.74, 6) is 0. The SMILES string of the molecule is CCNc1ccncc1S(=O)(=O)Nc1ncc(Br)s1.